The Morgan fingerprint density at radius 3 is 2.67 bits per heavy atom. The van der Waals surface area contributed by atoms with Gasteiger partial charge in [-0.05, 0) is 37.9 Å². The summed E-state index contributed by atoms with van der Waals surface area (Å²) in [5.41, 5.74) is 5.73. The first-order chi connectivity index (χ1) is 5.52. The predicted octanol–water partition coefficient (Wildman–Crippen LogP) is 1.89. The molecule has 6 heteroatoms. The van der Waals surface area contributed by atoms with E-state index in [0.29, 0.717) is 14.8 Å². The molecule has 1 heterocycles. The number of hydrogen-bond acceptors (Lipinski definition) is 3. The lowest BCUT2D eigenvalue weighted by atomic mass is 10.3. The fourth-order valence-corrected chi connectivity index (χ4v) is 1.45. The molecule has 0 spiro atoms. The average Bonchev–Trinajstić information content (AvgIpc) is 1.96. The molecule has 0 saturated carbocycles. The lowest BCUT2D eigenvalue weighted by Gasteiger charge is -2.01. The maximum absolute atomic E-state index is 10.6. The number of hydrogen-bond donors (Lipinski definition) is 2. The van der Waals surface area contributed by atoms with Crippen molar-refractivity contribution in [3.05, 3.63) is 20.8 Å². The maximum Gasteiger partial charge on any atom is 0.355 e. The molecule has 3 N–H and O–H groups in total. The van der Waals surface area contributed by atoms with Crippen LogP contribution < -0.4 is 5.73 Å². The van der Waals surface area contributed by atoms with Gasteiger partial charge in [-0.1, -0.05) is 0 Å². The number of nitrogen functional groups attached to an aromatic ring is 1. The lowest BCUT2D eigenvalue weighted by molar-refractivity contribution is 0.0689. The molecule has 0 bridgehead atoms. The second-order valence-corrected chi connectivity index (χ2v) is 3.61. The lowest BCUT2D eigenvalue weighted by Crippen LogP contribution is -2.04. The highest BCUT2D eigenvalue weighted by Crippen LogP contribution is 2.25. The van der Waals surface area contributed by atoms with Crippen LogP contribution in [0.5, 0.6) is 0 Å². The highest BCUT2D eigenvalue weighted by molar-refractivity contribution is 9.11. The molecular weight excluding hydrogens is 292 g/mol. The second-order valence-electron chi connectivity index (χ2n) is 2.00. The number of anilines is 1. The predicted molar refractivity (Wildman–Crippen MR) is 51.0 cm³/mol. The first kappa shape index (κ1) is 9.47. The largest absolute Gasteiger partial charge is 0.476 e. The van der Waals surface area contributed by atoms with Gasteiger partial charge in [0, 0.05) is 0 Å². The van der Waals surface area contributed by atoms with Crippen molar-refractivity contribution < 1.29 is 9.90 Å². The van der Waals surface area contributed by atoms with E-state index >= 15 is 0 Å². The zero-order valence-electron chi connectivity index (χ0n) is 5.71. The number of pyridine rings is 1. The first-order valence-electron chi connectivity index (χ1n) is 2.87. The number of aromatic nitrogens is 1. The molecule has 0 radical (unpaired) electrons. The Labute approximate surface area is 85.0 Å². The molecule has 4 nitrogen and oxygen atoms in total. The van der Waals surface area contributed by atoms with E-state index in [4.69, 9.17) is 10.8 Å². The van der Waals surface area contributed by atoms with Crippen molar-refractivity contribution in [2.75, 3.05) is 5.73 Å². The maximum atomic E-state index is 10.6. The van der Waals surface area contributed by atoms with E-state index in [1.54, 1.807) is 0 Å². The van der Waals surface area contributed by atoms with E-state index in [1.165, 1.54) is 6.07 Å². The zero-order chi connectivity index (χ0) is 9.30. The number of halogens is 2. The van der Waals surface area contributed by atoms with Crippen LogP contribution in [0.4, 0.5) is 5.69 Å². The van der Waals surface area contributed by atoms with E-state index in [2.05, 4.69) is 36.8 Å². The van der Waals surface area contributed by atoms with Gasteiger partial charge in [0.15, 0.2) is 5.69 Å². The molecule has 64 valence electrons. The van der Waals surface area contributed by atoms with Gasteiger partial charge < -0.3 is 10.8 Å². The Hall–Kier alpha value is -0.620. The van der Waals surface area contributed by atoms with E-state index in [9.17, 15) is 4.79 Å². The summed E-state index contributed by atoms with van der Waals surface area (Å²) in [7, 11) is 0. The van der Waals surface area contributed by atoms with Crippen molar-refractivity contribution in [1.82, 2.24) is 4.98 Å². The van der Waals surface area contributed by atoms with E-state index in [-0.39, 0.29) is 5.69 Å². The van der Waals surface area contributed by atoms with Crippen LogP contribution >= 0.6 is 31.9 Å². The molecule has 0 aliphatic carbocycles. The summed E-state index contributed by atoms with van der Waals surface area (Å²) in [5, 5.41) is 8.65. The molecule has 0 atom stereocenters. The molecule has 12 heavy (non-hydrogen) atoms. The van der Waals surface area contributed by atoms with Crippen molar-refractivity contribution in [2.45, 2.75) is 0 Å². The fourth-order valence-electron chi connectivity index (χ4n) is 0.658. The van der Waals surface area contributed by atoms with Crippen LogP contribution in [-0.4, -0.2) is 16.1 Å². The Morgan fingerprint density at radius 2 is 2.17 bits per heavy atom. The van der Waals surface area contributed by atoms with E-state index in [1.807, 2.05) is 0 Å². The highest BCUT2D eigenvalue weighted by atomic mass is 79.9. The molecule has 0 aliphatic heterocycles. The minimum atomic E-state index is -1.12. The van der Waals surface area contributed by atoms with Gasteiger partial charge in [0.25, 0.3) is 0 Å². The third-order valence-corrected chi connectivity index (χ3v) is 2.40. The normalized spacial score (nSPS) is 9.83. The average molecular weight is 296 g/mol. The molecular formula is C6H4Br2N2O2. The molecule has 1 aromatic heterocycles. The van der Waals surface area contributed by atoms with Crippen LogP contribution in [0.1, 0.15) is 10.5 Å². The van der Waals surface area contributed by atoms with E-state index in [0.717, 1.165) is 0 Å². The topological polar surface area (TPSA) is 76.2 Å². The summed E-state index contributed by atoms with van der Waals surface area (Å²) in [6.07, 6.45) is 0. The summed E-state index contributed by atoms with van der Waals surface area (Å²) in [5.74, 6) is -1.12. The number of nitrogens with zero attached hydrogens (tertiary/aromatic N) is 1. The Bertz CT molecular complexity index is 341. The van der Waals surface area contributed by atoms with Gasteiger partial charge in [-0.2, -0.15) is 0 Å². The Kier molecular flexibility index (Phi) is 2.69. The van der Waals surface area contributed by atoms with E-state index < -0.39 is 5.97 Å². The van der Waals surface area contributed by atoms with Gasteiger partial charge in [0.2, 0.25) is 0 Å². The molecule has 0 aliphatic rings. The summed E-state index contributed by atoms with van der Waals surface area (Å²) in [6, 6.07) is 1.52. The SMILES string of the molecule is Nc1cc(Br)nc(C(=O)O)c1Br. The van der Waals surface area contributed by atoms with Crippen molar-refractivity contribution in [2.24, 2.45) is 0 Å². The van der Waals surface area contributed by atoms with Crippen LogP contribution in [0.2, 0.25) is 0 Å². The fraction of sp³-hybridized carbons (Fsp3) is 0. The third-order valence-electron chi connectivity index (χ3n) is 1.16. The van der Waals surface area contributed by atoms with Gasteiger partial charge in [0.05, 0.1) is 10.2 Å². The Balaban J connectivity index is 3.37. The van der Waals surface area contributed by atoms with Crippen LogP contribution in [0.25, 0.3) is 0 Å². The number of nitrogens with two attached hydrogens (primary N) is 1. The van der Waals surface area contributed by atoms with Gasteiger partial charge in [0.1, 0.15) is 4.60 Å². The molecule has 0 saturated heterocycles. The number of carbonyl (C=O) groups is 1. The molecule has 1 aromatic rings. The molecule has 0 amide bonds. The number of carboxylic acids is 1. The van der Waals surface area contributed by atoms with Crippen molar-refractivity contribution in [1.29, 1.82) is 0 Å². The number of carboxylic acid groups (broad SMARTS) is 1. The second kappa shape index (κ2) is 3.40. The Morgan fingerprint density at radius 1 is 1.58 bits per heavy atom. The zero-order valence-corrected chi connectivity index (χ0v) is 8.89. The smallest absolute Gasteiger partial charge is 0.355 e. The summed E-state index contributed by atoms with van der Waals surface area (Å²) in [6.45, 7) is 0. The highest BCUT2D eigenvalue weighted by Gasteiger charge is 2.13. The minimum Gasteiger partial charge on any atom is -0.476 e. The van der Waals surface area contributed by atoms with Crippen LogP contribution in [0.3, 0.4) is 0 Å². The molecule has 0 unspecified atom stereocenters. The van der Waals surface area contributed by atoms with Crippen molar-refractivity contribution in [3.63, 3.8) is 0 Å². The molecule has 0 aromatic carbocycles. The molecule has 0 fully saturated rings. The summed E-state index contributed by atoms with van der Waals surface area (Å²) in [4.78, 5) is 14.3. The van der Waals surface area contributed by atoms with Gasteiger partial charge in [-0.25, -0.2) is 9.78 Å². The quantitative estimate of drug-likeness (QED) is 0.776. The minimum absolute atomic E-state index is 0.0955. The summed E-state index contributed by atoms with van der Waals surface area (Å²) >= 11 is 6.07. The molecule has 1 rings (SSSR count). The van der Waals surface area contributed by atoms with Crippen LogP contribution in [0.15, 0.2) is 15.1 Å². The number of rotatable bonds is 1. The van der Waals surface area contributed by atoms with Gasteiger partial charge in [-0.3, -0.25) is 0 Å². The van der Waals surface area contributed by atoms with Crippen molar-refractivity contribution >= 4 is 43.5 Å². The number of aromatic carboxylic acids is 1. The third kappa shape index (κ3) is 1.75. The van der Waals surface area contributed by atoms with Crippen LogP contribution in [0, 0.1) is 0 Å². The van der Waals surface area contributed by atoms with Gasteiger partial charge in [-0.15, -0.1) is 0 Å². The monoisotopic (exact) mass is 294 g/mol. The van der Waals surface area contributed by atoms with Crippen molar-refractivity contribution in [3.8, 4) is 0 Å². The van der Waals surface area contributed by atoms with Gasteiger partial charge >= 0.3 is 5.97 Å². The first-order valence-corrected chi connectivity index (χ1v) is 4.45. The standard InChI is InChI=1S/C6H4Br2N2O2/c7-3-1-2(9)4(8)5(10-3)6(11)12/h1H,(H2,9,10)(H,11,12). The summed E-state index contributed by atoms with van der Waals surface area (Å²) < 4.78 is 0.707. The van der Waals surface area contributed by atoms with Crippen LogP contribution in [-0.2, 0) is 0 Å².